The SMILES string of the molecule is CCc1ccc(S(=O)(=O)NCCc2ccc3c(c2)ncn3C)cc1. The van der Waals surface area contributed by atoms with Gasteiger partial charge in [-0.2, -0.15) is 0 Å². The minimum absolute atomic E-state index is 0.305. The summed E-state index contributed by atoms with van der Waals surface area (Å²) in [4.78, 5) is 4.63. The molecule has 3 rings (SSSR count). The van der Waals surface area contributed by atoms with Crippen LogP contribution in [0.1, 0.15) is 18.1 Å². The van der Waals surface area contributed by atoms with Crippen molar-refractivity contribution >= 4 is 21.1 Å². The Morgan fingerprint density at radius 2 is 1.79 bits per heavy atom. The molecular weight excluding hydrogens is 322 g/mol. The normalized spacial score (nSPS) is 11.9. The lowest BCUT2D eigenvalue weighted by Gasteiger charge is -2.08. The van der Waals surface area contributed by atoms with Crippen LogP contribution in [0.5, 0.6) is 0 Å². The van der Waals surface area contributed by atoms with Gasteiger partial charge in [0, 0.05) is 13.6 Å². The summed E-state index contributed by atoms with van der Waals surface area (Å²) in [6.07, 6.45) is 3.29. The first-order chi connectivity index (χ1) is 11.5. The number of aryl methyl sites for hydroxylation is 2. The monoisotopic (exact) mass is 343 g/mol. The Labute approximate surface area is 142 Å². The molecule has 0 radical (unpaired) electrons. The molecule has 0 aliphatic heterocycles. The van der Waals surface area contributed by atoms with Crippen LogP contribution < -0.4 is 4.72 Å². The van der Waals surface area contributed by atoms with Crippen molar-refractivity contribution in [2.45, 2.75) is 24.7 Å². The highest BCUT2D eigenvalue weighted by Gasteiger charge is 2.13. The molecule has 0 atom stereocenters. The number of benzene rings is 2. The zero-order valence-electron chi connectivity index (χ0n) is 13.9. The Balaban J connectivity index is 1.65. The average molecular weight is 343 g/mol. The largest absolute Gasteiger partial charge is 0.334 e. The zero-order valence-corrected chi connectivity index (χ0v) is 14.7. The lowest BCUT2D eigenvalue weighted by Crippen LogP contribution is -2.26. The number of aromatic nitrogens is 2. The van der Waals surface area contributed by atoms with Crippen LogP contribution in [0.15, 0.2) is 53.7 Å². The number of fused-ring (bicyclic) bond motifs is 1. The van der Waals surface area contributed by atoms with Crippen LogP contribution in [0.25, 0.3) is 11.0 Å². The third-order valence-corrected chi connectivity index (χ3v) is 5.61. The Bertz CT molecular complexity index is 944. The summed E-state index contributed by atoms with van der Waals surface area (Å²) in [6, 6.07) is 13.0. The molecular formula is C18H21N3O2S. The van der Waals surface area contributed by atoms with Gasteiger partial charge in [0.25, 0.3) is 0 Å². The van der Waals surface area contributed by atoms with E-state index in [1.54, 1.807) is 18.5 Å². The first kappa shape index (κ1) is 16.7. The van der Waals surface area contributed by atoms with E-state index in [-0.39, 0.29) is 0 Å². The van der Waals surface area contributed by atoms with E-state index in [0.717, 1.165) is 28.6 Å². The molecule has 6 heteroatoms. The Morgan fingerprint density at radius 3 is 2.50 bits per heavy atom. The van der Waals surface area contributed by atoms with Crippen molar-refractivity contribution < 1.29 is 8.42 Å². The molecule has 0 aliphatic rings. The molecule has 24 heavy (non-hydrogen) atoms. The van der Waals surface area contributed by atoms with Gasteiger partial charge in [0.1, 0.15) is 0 Å². The molecule has 0 aliphatic carbocycles. The summed E-state index contributed by atoms with van der Waals surface area (Å²) in [6.45, 7) is 2.40. The van der Waals surface area contributed by atoms with E-state index in [1.807, 2.05) is 48.9 Å². The fourth-order valence-electron chi connectivity index (χ4n) is 2.65. The van der Waals surface area contributed by atoms with Crippen molar-refractivity contribution in [2.24, 2.45) is 7.05 Å². The van der Waals surface area contributed by atoms with E-state index < -0.39 is 10.0 Å². The predicted octanol–water partition coefficient (Wildman–Crippen LogP) is 2.66. The first-order valence-corrected chi connectivity index (χ1v) is 9.46. The summed E-state index contributed by atoms with van der Waals surface area (Å²) in [5, 5.41) is 0. The number of rotatable bonds is 6. The molecule has 0 saturated carbocycles. The van der Waals surface area contributed by atoms with E-state index in [1.165, 1.54) is 0 Å². The van der Waals surface area contributed by atoms with Crippen LogP contribution in [0.3, 0.4) is 0 Å². The molecule has 2 aromatic carbocycles. The van der Waals surface area contributed by atoms with Gasteiger partial charge in [0.2, 0.25) is 10.0 Å². The maximum absolute atomic E-state index is 12.3. The predicted molar refractivity (Wildman–Crippen MR) is 95.4 cm³/mol. The summed E-state index contributed by atoms with van der Waals surface area (Å²) < 4.78 is 29.2. The number of sulfonamides is 1. The second kappa shape index (κ2) is 6.75. The molecule has 0 spiro atoms. The van der Waals surface area contributed by atoms with Gasteiger partial charge in [0.05, 0.1) is 22.3 Å². The van der Waals surface area contributed by atoms with Crippen molar-refractivity contribution in [2.75, 3.05) is 6.54 Å². The molecule has 126 valence electrons. The molecule has 0 unspecified atom stereocenters. The van der Waals surface area contributed by atoms with Crippen LogP contribution in [0, 0.1) is 0 Å². The fraction of sp³-hybridized carbons (Fsp3) is 0.278. The second-order valence-corrected chi connectivity index (χ2v) is 7.59. The van der Waals surface area contributed by atoms with E-state index in [4.69, 9.17) is 0 Å². The van der Waals surface area contributed by atoms with Crippen molar-refractivity contribution in [3.05, 3.63) is 59.9 Å². The van der Waals surface area contributed by atoms with Crippen molar-refractivity contribution in [1.29, 1.82) is 0 Å². The molecule has 1 aromatic heterocycles. The molecule has 3 aromatic rings. The van der Waals surface area contributed by atoms with Crippen LogP contribution in [0.4, 0.5) is 0 Å². The second-order valence-electron chi connectivity index (χ2n) is 5.82. The third kappa shape index (κ3) is 3.49. The summed E-state index contributed by atoms with van der Waals surface area (Å²) in [7, 11) is -1.51. The van der Waals surface area contributed by atoms with Gasteiger partial charge >= 0.3 is 0 Å². The Kier molecular flexibility index (Phi) is 4.69. The lowest BCUT2D eigenvalue weighted by atomic mass is 10.1. The Morgan fingerprint density at radius 1 is 1.08 bits per heavy atom. The smallest absolute Gasteiger partial charge is 0.240 e. The van der Waals surface area contributed by atoms with E-state index in [0.29, 0.717) is 17.9 Å². The molecule has 0 amide bonds. The fourth-order valence-corrected chi connectivity index (χ4v) is 3.69. The Hall–Kier alpha value is -2.18. The van der Waals surface area contributed by atoms with Gasteiger partial charge < -0.3 is 4.57 Å². The van der Waals surface area contributed by atoms with Gasteiger partial charge in [0.15, 0.2) is 0 Å². The molecule has 1 N–H and O–H groups in total. The molecule has 0 saturated heterocycles. The number of nitrogens with one attached hydrogen (secondary N) is 1. The average Bonchev–Trinajstić information content (AvgIpc) is 2.95. The quantitative estimate of drug-likeness (QED) is 0.748. The number of nitrogens with zero attached hydrogens (tertiary/aromatic N) is 2. The van der Waals surface area contributed by atoms with E-state index in [2.05, 4.69) is 9.71 Å². The molecule has 5 nitrogen and oxygen atoms in total. The minimum Gasteiger partial charge on any atom is -0.334 e. The van der Waals surface area contributed by atoms with Gasteiger partial charge in [-0.1, -0.05) is 25.1 Å². The topological polar surface area (TPSA) is 64.0 Å². The number of hydrogen-bond donors (Lipinski definition) is 1. The minimum atomic E-state index is -3.46. The van der Waals surface area contributed by atoms with E-state index >= 15 is 0 Å². The van der Waals surface area contributed by atoms with Crippen LogP contribution in [-0.4, -0.2) is 24.5 Å². The maximum atomic E-state index is 12.3. The standard InChI is InChI=1S/C18H21N3O2S/c1-3-14-4-7-16(8-5-14)24(22,23)20-11-10-15-6-9-18-17(12-15)19-13-21(18)2/h4-9,12-13,20H,3,10-11H2,1-2H3. The molecule has 1 heterocycles. The highest BCUT2D eigenvalue weighted by Crippen LogP contribution is 2.15. The van der Waals surface area contributed by atoms with Crippen molar-refractivity contribution in [3.63, 3.8) is 0 Å². The van der Waals surface area contributed by atoms with Crippen LogP contribution in [0.2, 0.25) is 0 Å². The van der Waals surface area contributed by atoms with Gasteiger partial charge in [-0.15, -0.1) is 0 Å². The van der Waals surface area contributed by atoms with Gasteiger partial charge in [-0.05, 0) is 48.2 Å². The highest BCUT2D eigenvalue weighted by atomic mass is 32.2. The van der Waals surface area contributed by atoms with Gasteiger partial charge in [-0.3, -0.25) is 0 Å². The first-order valence-electron chi connectivity index (χ1n) is 7.98. The number of imidazole rings is 1. The lowest BCUT2D eigenvalue weighted by molar-refractivity contribution is 0.581. The van der Waals surface area contributed by atoms with E-state index in [9.17, 15) is 8.42 Å². The van der Waals surface area contributed by atoms with Crippen molar-refractivity contribution in [3.8, 4) is 0 Å². The van der Waals surface area contributed by atoms with Crippen LogP contribution >= 0.6 is 0 Å². The summed E-state index contributed by atoms with van der Waals surface area (Å²) >= 11 is 0. The third-order valence-electron chi connectivity index (χ3n) is 4.14. The molecule has 0 bridgehead atoms. The van der Waals surface area contributed by atoms with Gasteiger partial charge in [-0.25, -0.2) is 18.1 Å². The summed E-state index contributed by atoms with van der Waals surface area (Å²) in [5.41, 5.74) is 4.17. The maximum Gasteiger partial charge on any atom is 0.240 e. The number of hydrogen-bond acceptors (Lipinski definition) is 3. The summed E-state index contributed by atoms with van der Waals surface area (Å²) in [5.74, 6) is 0. The zero-order chi connectivity index (χ0) is 17.2. The molecule has 0 fully saturated rings. The van der Waals surface area contributed by atoms with Crippen LogP contribution in [-0.2, 0) is 29.9 Å². The van der Waals surface area contributed by atoms with Crippen molar-refractivity contribution in [1.82, 2.24) is 14.3 Å². The highest BCUT2D eigenvalue weighted by molar-refractivity contribution is 7.89.